The Hall–Kier alpha value is -3.17. The zero-order valence-corrected chi connectivity index (χ0v) is 17.8. The third-order valence-electron chi connectivity index (χ3n) is 5.45. The first-order valence-electron chi connectivity index (χ1n) is 9.88. The molecule has 0 aliphatic carbocycles. The molecule has 1 aliphatic rings. The van der Waals surface area contributed by atoms with Crippen LogP contribution < -0.4 is 10.6 Å². The summed E-state index contributed by atoms with van der Waals surface area (Å²) in [6, 6.07) is 10.8. The number of hydrogen-bond donors (Lipinski definition) is 2. The molecule has 2 atom stereocenters. The molecule has 0 saturated carbocycles. The van der Waals surface area contributed by atoms with E-state index in [2.05, 4.69) is 0 Å². The number of anilines is 1. The van der Waals surface area contributed by atoms with Crippen LogP contribution in [0.4, 0.5) is 18.9 Å². The van der Waals surface area contributed by atoms with E-state index in [1.807, 2.05) is 19.1 Å². The number of amides is 1. The molecule has 3 rings (SSSR count). The van der Waals surface area contributed by atoms with Gasteiger partial charge in [-0.2, -0.15) is 13.2 Å². The number of carbonyl (C=O) groups is 2. The molecule has 1 aliphatic heterocycles. The molecule has 2 aromatic carbocycles. The van der Waals surface area contributed by atoms with Gasteiger partial charge in [-0.25, -0.2) is 4.90 Å². The van der Waals surface area contributed by atoms with Crippen molar-refractivity contribution in [2.45, 2.75) is 39.3 Å². The summed E-state index contributed by atoms with van der Waals surface area (Å²) in [6.07, 6.45) is -6.13. The van der Waals surface area contributed by atoms with Crippen LogP contribution in [0.1, 0.15) is 36.6 Å². The molecule has 0 radical (unpaired) electrons. The maximum atomic E-state index is 13.3. The average molecular weight is 447 g/mol. The Balaban J connectivity index is 2.24. The maximum Gasteiger partial charge on any atom is 0.416 e. The maximum absolute atomic E-state index is 13.3. The Morgan fingerprint density at radius 1 is 1.09 bits per heavy atom. The highest BCUT2D eigenvalue weighted by atomic mass is 19.4. The second-order valence-electron chi connectivity index (χ2n) is 7.77. The topological polar surface area (TPSA) is 86.9 Å². The van der Waals surface area contributed by atoms with Crippen molar-refractivity contribution >= 4 is 17.4 Å². The molecular formula is C23H24F3N3O3. The number of hydrogen-bond acceptors (Lipinski definition) is 5. The number of carbonyl (C=O) groups excluding carboxylic acids is 2. The van der Waals surface area contributed by atoms with E-state index in [0.29, 0.717) is 5.56 Å². The van der Waals surface area contributed by atoms with Crippen LogP contribution in [0.25, 0.3) is 0 Å². The molecule has 9 heteroatoms. The normalized spacial score (nSPS) is 19.9. The number of aliphatic hydroxyl groups excluding tert-OH is 1. The van der Waals surface area contributed by atoms with E-state index in [-0.39, 0.29) is 22.7 Å². The smallest absolute Gasteiger partial charge is 0.369 e. The van der Waals surface area contributed by atoms with Gasteiger partial charge in [0.15, 0.2) is 12.1 Å². The van der Waals surface area contributed by atoms with E-state index < -0.39 is 36.6 Å². The minimum atomic E-state index is -4.59. The van der Waals surface area contributed by atoms with Crippen molar-refractivity contribution in [1.82, 2.24) is 4.90 Å². The first-order chi connectivity index (χ1) is 14.9. The highest BCUT2D eigenvalue weighted by Crippen LogP contribution is 2.42. The summed E-state index contributed by atoms with van der Waals surface area (Å²) in [5.41, 5.74) is 6.69. The zero-order chi connectivity index (χ0) is 23.8. The van der Waals surface area contributed by atoms with Crippen LogP contribution in [-0.2, 0) is 15.8 Å². The predicted octanol–water partition coefficient (Wildman–Crippen LogP) is 3.50. The van der Waals surface area contributed by atoms with Gasteiger partial charge in [0.25, 0.3) is 0 Å². The molecule has 170 valence electrons. The molecule has 1 amide bonds. The lowest BCUT2D eigenvalue weighted by atomic mass is 9.90. The summed E-state index contributed by atoms with van der Waals surface area (Å²) >= 11 is 0. The van der Waals surface area contributed by atoms with Gasteiger partial charge >= 0.3 is 6.18 Å². The van der Waals surface area contributed by atoms with Gasteiger partial charge in [0.1, 0.15) is 0 Å². The number of nitrogens with zero attached hydrogens (tertiary/aromatic N) is 2. The fourth-order valence-electron chi connectivity index (χ4n) is 4.01. The van der Waals surface area contributed by atoms with Crippen LogP contribution in [0.2, 0.25) is 0 Å². The quantitative estimate of drug-likeness (QED) is 0.733. The lowest BCUT2D eigenvalue weighted by molar-refractivity contribution is -0.137. The van der Waals surface area contributed by atoms with Crippen LogP contribution in [0, 0.1) is 6.92 Å². The van der Waals surface area contributed by atoms with Gasteiger partial charge in [0, 0.05) is 17.0 Å². The number of primary amides is 1. The van der Waals surface area contributed by atoms with Crippen LogP contribution in [0.5, 0.6) is 0 Å². The third-order valence-corrected chi connectivity index (χ3v) is 5.45. The third kappa shape index (κ3) is 4.53. The Morgan fingerprint density at radius 3 is 2.25 bits per heavy atom. The standard InChI is InChI=1S/C23H24F3N3O3/c1-13-7-9-16(10-8-13)21-20(15(3)30)14(2)29(22(32)28(21)12-19(27)31)18-6-4-5-17(11-18)23(24,25)26/h4-11,21-22,32H,12H2,1-3H3,(H2,27,31)/t21-,22?/m1/s1. The molecule has 0 saturated heterocycles. The molecule has 0 fully saturated rings. The summed E-state index contributed by atoms with van der Waals surface area (Å²) in [5.74, 6) is -1.10. The Bertz CT molecular complexity index is 1060. The molecule has 0 bridgehead atoms. The van der Waals surface area contributed by atoms with Gasteiger partial charge in [0.2, 0.25) is 5.91 Å². The number of allylic oxidation sites excluding steroid dienone is 1. The van der Waals surface area contributed by atoms with Gasteiger partial charge in [-0.05, 0) is 44.5 Å². The van der Waals surface area contributed by atoms with Crippen LogP contribution in [0.15, 0.2) is 59.8 Å². The van der Waals surface area contributed by atoms with Crippen LogP contribution >= 0.6 is 0 Å². The Labute approximate surface area is 183 Å². The van der Waals surface area contributed by atoms with Crippen molar-refractivity contribution in [3.8, 4) is 0 Å². The van der Waals surface area contributed by atoms with E-state index >= 15 is 0 Å². The van der Waals surface area contributed by atoms with Gasteiger partial charge in [-0.15, -0.1) is 0 Å². The van der Waals surface area contributed by atoms with Crippen molar-refractivity contribution in [3.05, 3.63) is 76.5 Å². The number of rotatable bonds is 5. The molecular weight excluding hydrogens is 423 g/mol. The number of halogens is 3. The lowest BCUT2D eigenvalue weighted by Gasteiger charge is -2.47. The van der Waals surface area contributed by atoms with Crippen molar-refractivity contribution in [2.24, 2.45) is 5.73 Å². The van der Waals surface area contributed by atoms with E-state index in [1.165, 1.54) is 28.9 Å². The molecule has 1 heterocycles. The monoisotopic (exact) mass is 447 g/mol. The second-order valence-corrected chi connectivity index (χ2v) is 7.77. The molecule has 1 unspecified atom stereocenters. The summed E-state index contributed by atoms with van der Waals surface area (Å²) < 4.78 is 39.8. The summed E-state index contributed by atoms with van der Waals surface area (Å²) in [5, 5.41) is 11.2. The number of benzene rings is 2. The molecule has 6 nitrogen and oxygen atoms in total. The van der Waals surface area contributed by atoms with Crippen LogP contribution in [-0.4, -0.2) is 34.6 Å². The van der Waals surface area contributed by atoms with Crippen molar-refractivity contribution < 1.29 is 27.9 Å². The lowest BCUT2D eigenvalue weighted by Crippen LogP contribution is -2.56. The second kappa shape index (κ2) is 8.76. The molecule has 3 N–H and O–H groups in total. The summed E-state index contributed by atoms with van der Waals surface area (Å²) in [7, 11) is 0. The summed E-state index contributed by atoms with van der Waals surface area (Å²) in [4.78, 5) is 27.1. The van der Waals surface area contributed by atoms with E-state index in [9.17, 15) is 27.9 Å². The van der Waals surface area contributed by atoms with Crippen molar-refractivity contribution in [3.63, 3.8) is 0 Å². The fourth-order valence-corrected chi connectivity index (χ4v) is 4.01. The SMILES string of the molecule is CC(=O)C1=C(C)N(c2cccc(C(F)(F)F)c2)C(O)N(CC(N)=O)[C@@H]1c1ccc(C)cc1. The highest BCUT2D eigenvalue weighted by Gasteiger charge is 2.42. The Kier molecular flexibility index (Phi) is 6.43. The number of nitrogens with two attached hydrogens (primary N) is 1. The summed E-state index contributed by atoms with van der Waals surface area (Å²) in [6.45, 7) is 4.37. The fraction of sp³-hybridized carbons (Fsp3) is 0.304. The first-order valence-corrected chi connectivity index (χ1v) is 9.88. The van der Waals surface area contributed by atoms with Gasteiger partial charge in [-0.3, -0.25) is 9.59 Å². The average Bonchev–Trinajstić information content (AvgIpc) is 2.69. The molecule has 0 spiro atoms. The molecule has 0 aromatic heterocycles. The van der Waals surface area contributed by atoms with Gasteiger partial charge < -0.3 is 15.7 Å². The largest absolute Gasteiger partial charge is 0.416 e. The molecule has 2 aromatic rings. The number of aryl methyl sites for hydroxylation is 1. The zero-order valence-electron chi connectivity index (χ0n) is 17.8. The first kappa shape index (κ1) is 23.5. The Morgan fingerprint density at radius 2 is 1.72 bits per heavy atom. The van der Waals surface area contributed by atoms with Crippen molar-refractivity contribution in [2.75, 3.05) is 11.4 Å². The van der Waals surface area contributed by atoms with Crippen molar-refractivity contribution in [1.29, 1.82) is 0 Å². The highest BCUT2D eigenvalue weighted by molar-refractivity contribution is 5.96. The number of ketones is 1. The van der Waals surface area contributed by atoms with Gasteiger partial charge in [0.05, 0.1) is 18.2 Å². The van der Waals surface area contributed by atoms with E-state index in [4.69, 9.17) is 5.73 Å². The number of aliphatic hydroxyl groups is 1. The van der Waals surface area contributed by atoms with Crippen LogP contribution in [0.3, 0.4) is 0 Å². The van der Waals surface area contributed by atoms with E-state index in [1.54, 1.807) is 19.1 Å². The minimum Gasteiger partial charge on any atom is -0.369 e. The number of alkyl halides is 3. The number of Topliss-reactive ketones (excluding diaryl/α,β-unsaturated/α-hetero) is 1. The molecule has 32 heavy (non-hydrogen) atoms. The predicted molar refractivity (Wildman–Crippen MR) is 113 cm³/mol. The minimum absolute atomic E-state index is 0.0281. The van der Waals surface area contributed by atoms with E-state index in [0.717, 1.165) is 17.7 Å². The van der Waals surface area contributed by atoms with Gasteiger partial charge in [-0.1, -0.05) is 35.9 Å².